The maximum Gasteiger partial charge on any atom is 0.339 e. The third kappa shape index (κ3) is 7.18. The van der Waals surface area contributed by atoms with Crippen LogP contribution in [0.25, 0.3) is 0 Å². The van der Waals surface area contributed by atoms with Gasteiger partial charge in [-0.2, -0.15) is 0 Å². The second kappa shape index (κ2) is 10.3. The van der Waals surface area contributed by atoms with Gasteiger partial charge < -0.3 is 28.4 Å². The lowest BCUT2D eigenvalue weighted by atomic mass is 9.97. The minimum Gasteiger partial charge on any atom is -0.467 e. The molecule has 0 aromatic heterocycles. The third-order valence-electron chi connectivity index (χ3n) is 3.33. The summed E-state index contributed by atoms with van der Waals surface area (Å²) in [6.45, 7) is 3.08. The Balaban J connectivity index is 3.44. The van der Waals surface area contributed by atoms with E-state index in [2.05, 4.69) is 4.74 Å². The van der Waals surface area contributed by atoms with Crippen LogP contribution in [-0.2, 0) is 47.6 Å². The molecule has 0 amide bonds. The number of carbonyl (C=O) groups is 4. The Bertz CT molecular complexity index is 680. The van der Waals surface area contributed by atoms with Gasteiger partial charge in [0, 0.05) is 20.8 Å². The van der Waals surface area contributed by atoms with Gasteiger partial charge >= 0.3 is 23.9 Å². The quantitative estimate of drug-likeness (QED) is 0.200. The number of nitrogens with one attached hydrogen (secondary N) is 1. The first-order chi connectivity index (χ1) is 13.3. The number of carbonyl (C=O) groups excluding carboxylic acids is 4. The van der Waals surface area contributed by atoms with Crippen molar-refractivity contribution in [1.82, 2.24) is 0 Å². The molecule has 3 unspecified atom stereocenters. The van der Waals surface area contributed by atoms with Crippen molar-refractivity contribution >= 4 is 64.6 Å². The van der Waals surface area contributed by atoms with E-state index in [-0.39, 0.29) is 0 Å². The fourth-order valence-electron chi connectivity index (χ4n) is 2.36. The average Bonchev–Trinajstić information content (AvgIpc) is 2.56. The Hall–Kier alpha value is -1.82. The van der Waals surface area contributed by atoms with Gasteiger partial charge in [0.2, 0.25) is 18.3 Å². The predicted octanol–water partition coefficient (Wildman–Crippen LogP) is 1.04. The highest BCUT2D eigenvalue weighted by Crippen LogP contribution is 2.33. The predicted molar refractivity (Wildman–Crippen MR) is 96.4 cm³/mol. The van der Waals surface area contributed by atoms with Crippen LogP contribution in [0.4, 0.5) is 0 Å². The van der Waals surface area contributed by atoms with E-state index in [1.165, 1.54) is 0 Å². The largest absolute Gasteiger partial charge is 0.467 e. The van der Waals surface area contributed by atoms with Crippen molar-refractivity contribution in [2.24, 2.45) is 0 Å². The van der Waals surface area contributed by atoms with E-state index < -0.39 is 64.3 Å². The lowest BCUT2D eigenvalue weighted by Gasteiger charge is -2.43. The first kappa shape index (κ1) is 25.2. The van der Waals surface area contributed by atoms with Crippen molar-refractivity contribution in [2.75, 3.05) is 7.11 Å². The smallest absolute Gasteiger partial charge is 0.339 e. The van der Waals surface area contributed by atoms with Crippen LogP contribution in [0, 0.1) is 5.41 Å². The fraction of sp³-hybridized carbons (Fsp3) is 0.667. The summed E-state index contributed by atoms with van der Waals surface area (Å²) >= 11 is 16.7. The SMILES string of the molecule is COC(=O)C1O[C@@H](OC(=N)C(Cl)(Cl)Cl)C(OC(C)=O)C(OC(C)=O)[C@@H]1OC(C)=O. The standard InChI is InChI=1S/C15H18Cl3NO10/c1-5(20)25-8-9(26-6(2)21)11(27-7(3)22)13(28-10(8)12(23)24-4)29-14(19)15(16,17)18/h8-11,13,19H,1-4H3/t8-,9?,10?,11?,13-/m0/s1. The van der Waals surface area contributed by atoms with E-state index in [0.717, 1.165) is 27.9 Å². The molecule has 1 rings (SSSR count). The molecular weight excluding hydrogens is 461 g/mol. The van der Waals surface area contributed by atoms with Gasteiger partial charge in [0.25, 0.3) is 3.79 Å². The zero-order valence-electron chi connectivity index (χ0n) is 15.6. The first-order valence-electron chi connectivity index (χ1n) is 7.85. The van der Waals surface area contributed by atoms with Gasteiger partial charge in [-0.15, -0.1) is 0 Å². The summed E-state index contributed by atoms with van der Waals surface area (Å²) in [5, 5.41) is 7.69. The third-order valence-corrected chi connectivity index (χ3v) is 3.84. The van der Waals surface area contributed by atoms with Gasteiger partial charge in [-0.1, -0.05) is 34.8 Å². The first-order valence-corrected chi connectivity index (χ1v) is 8.98. The number of hydrogen-bond acceptors (Lipinski definition) is 11. The van der Waals surface area contributed by atoms with Crippen LogP contribution >= 0.6 is 34.8 Å². The molecule has 0 saturated carbocycles. The fourth-order valence-corrected chi connectivity index (χ4v) is 2.49. The van der Waals surface area contributed by atoms with Crippen molar-refractivity contribution < 1.29 is 47.6 Å². The lowest BCUT2D eigenvalue weighted by Crippen LogP contribution is -2.64. The van der Waals surface area contributed by atoms with Gasteiger partial charge in [-0.25, -0.2) is 4.79 Å². The Morgan fingerprint density at radius 1 is 0.828 bits per heavy atom. The molecule has 0 spiro atoms. The van der Waals surface area contributed by atoms with E-state index in [0.29, 0.717) is 0 Å². The maximum atomic E-state index is 12.2. The maximum absolute atomic E-state index is 12.2. The van der Waals surface area contributed by atoms with E-state index >= 15 is 0 Å². The zero-order valence-corrected chi connectivity index (χ0v) is 17.9. The number of ether oxygens (including phenoxy) is 6. The highest BCUT2D eigenvalue weighted by molar-refractivity contribution is 6.76. The normalized spacial score (nSPS) is 26.7. The van der Waals surface area contributed by atoms with Crippen molar-refractivity contribution in [1.29, 1.82) is 5.41 Å². The van der Waals surface area contributed by atoms with Crippen LogP contribution in [0.5, 0.6) is 0 Å². The van der Waals surface area contributed by atoms with E-state index in [1.807, 2.05) is 0 Å². The van der Waals surface area contributed by atoms with Gasteiger partial charge in [-0.05, 0) is 0 Å². The summed E-state index contributed by atoms with van der Waals surface area (Å²) < 4.78 is 28.0. The molecule has 1 N–H and O–H groups in total. The number of hydrogen-bond donors (Lipinski definition) is 1. The monoisotopic (exact) mass is 477 g/mol. The molecule has 11 nitrogen and oxygen atoms in total. The summed E-state index contributed by atoms with van der Waals surface area (Å²) in [5.41, 5.74) is 0. The molecule has 0 aliphatic carbocycles. The second-order valence-corrected chi connectivity index (χ2v) is 7.90. The highest BCUT2D eigenvalue weighted by atomic mass is 35.6. The van der Waals surface area contributed by atoms with Crippen molar-refractivity contribution in [2.45, 2.75) is 55.3 Å². The molecule has 1 aliphatic heterocycles. The van der Waals surface area contributed by atoms with Crippen LogP contribution in [0.3, 0.4) is 0 Å². The average molecular weight is 479 g/mol. The van der Waals surface area contributed by atoms with E-state index in [9.17, 15) is 19.2 Å². The number of esters is 4. The van der Waals surface area contributed by atoms with E-state index in [4.69, 9.17) is 63.9 Å². The van der Waals surface area contributed by atoms with Crippen LogP contribution in [-0.4, -0.2) is 71.4 Å². The molecule has 14 heteroatoms. The summed E-state index contributed by atoms with van der Waals surface area (Å²) in [4.78, 5) is 46.9. The molecule has 0 aromatic carbocycles. The van der Waals surface area contributed by atoms with Crippen LogP contribution in [0.2, 0.25) is 0 Å². The molecule has 164 valence electrons. The minimum absolute atomic E-state index is 0.861. The summed E-state index contributed by atoms with van der Waals surface area (Å²) in [7, 11) is 1.02. The highest BCUT2D eigenvalue weighted by Gasteiger charge is 2.56. The van der Waals surface area contributed by atoms with Crippen LogP contribution in [0.15, 0.2) is 0 Å². The van der Waals surface area contributed by atoms with Gasteiger partial charge in [0.15, 0.2) is 18.3 Å². The molecule has 0 bridgehead atoms. The number of halogens is 3. The molecule has 0 aromatic rings. The van der Waals surface area contributed by atoms with Crippen molar-refractivity contribution in [3.05, 3.63) is 0 Å². The molecule has 1 heterocycles. The second-order valence-electron chi connectivity index (χ2n) is 5.62. The van der Waals surface area contributed by atoms with Gasteiger partial charge in [0.05, 0.1) is 7.11 Å². The topological polar surface area (TPSA) is 148 Å². The summed E-state index contributed by atoms with van der Waals surface area (Å²) in [5.74, 6) is -4.59. The Morgan fingerprint density at radius 2 is 1.28 bits per heavy atom. The van der Waals surface area contributed by atoms with Crippen molar-refractivity contribution in [3.63, 3.8) is 0 Å². The molecule has 1 aliphatic rings. The molecule has 1 fully saturated rings. The Labute approximate surface area is 180 Å². The number of rotatable bonds is 5. The number of alkyl halides is 3. The molecular formula is C15H18Cl3NO10. The van der Waals surface area contributed by atoms with Crippen molar-refractivity contribution in [3.8, 4) is 0 Å². The molecule has 0 radical (unpaired) electrons. The minimum atomic E-state index is -2.32. The number of methoxy groups -OCH3 is 1. The Kier molecular flexibility index (Phi) is 8.94. The van der Waals surface area contributed by atoms with E-state index in [1.54, 1.807) is 0 Å². The van der Waals surface area contributed by atoms with Crippen LogP contribution < -0.4 is 0 Å². The van der Waals surface area contributed by atoms with Gasteiger partial charge in [-0.3, -0.25) is 19.8 Å². The lowest BCUT2D eigenvalue weighted by molar-refractivity contribution is -0.285. The summed E-state index contributed by atoms with van der Waals surface area (Å²) in [6.07, 6.45) is -8.20. The van der Waals surface area contributed by atoms with Crippen LogP contribution in [0.1, 0.15) is 20.8 Å². The molecule has 5 atom stereocenters. The zero-order chi connectivity index (χ0) is 22.5. The Morgan fingerprint density at radius 3 is 1.69 bits per heavy atom. The molecule has 1 saturated heterocycles. The molecule has 29 heavy (non-hydrogen) atoms. The van der Waals surface area contributed by atoms with Gasteiger partial charge in [0.1, 0.15) is 0 Å². The summed E-state index contributed by atoms with van der Waals surface area (Å²) in [6, 6.07) is 0.